The van der Waals surface area contributed by atoms with Gasteiger partial charge >= 0.3 is 0 Å². The lowest BCUT2D eigenvalue weighted by Crippen LogP contribution is -2.38. The summed E-state index contributed by atoms with van der Waals surface area (Å²) in [7, 11) is 1.71. The maximum Gasteiger partial charge on any atom is 0.251 e. The Bertz CT molecular complexity index is 690. The predicted molar refractivity (Wildman–Crippen MR) is 98.0 cm³/mol. The lowest BCUT2D eigenvalue weighted by atomic mass is 10.2. The van der Waals surface area contributed by atoms with Gasteiger partial charge in [0.15, 0.2) is 0 Å². The number of likely N-dealkylation sites (N-methyl/N-ethyl adjacent to an activating group) is 1. The molecule has 2 amide bonds. The van der Waals surface area contributed by atoms with Crippen LogP contribution in [-0.4, -0.2) is 43.5 Å². The summed E-state index contributed by atoms with van der Waals surface area (Å²) >= 11 is 5.81. The number of benzene rings is 2. The van der Waals surface area contributed by atoms with Gasteiger partial charge in [0, 0.05) is 24.2 Å². The van der Waals surface area contributed by atoms with Crippen LogP contribution in [0.2, 0.25) is 5.02 Å². The molecule has 0 aliphatic rings. The molecule has 0 aliphatic carbocycles. The van der Waals surface area contributed by atoms with Crippen molar-refractivity contribution in [3.05, 3.63) is 65.2 Å². The van der Waals surface area contributed by atoms with E-state index in [0.717, 1.165) is 5.75 Å². The average Bonchev–Trinajstić information content (AvgIpc) is 2.65. The van der Waals surface area contributed by atoms with Crippen LogP contribution in [0.15, 0.2) is 54.6 Å². The molecule has 0 aromatic heterocycles. The number of carbonyl (C=O) groups excluding carboxylic acids is 2. The molecule has 25 heavy (non-hydrogen) atoms. The first kappa shape index (κ1) is 18.8. The second-order valence-electron chi connectivity index (χ2n) is 5.52. The number of ether oxygens (including phenoxy) is 1. The van der Waals surface area contributed by atoms with E-state index >= 15 is 0 Å². The van der Waals surface area contributed by atoms with E-state index in [1.807, 2.05) is 6.07 Å². The second-order valence-corrected chi connectivity index (χ2v) is 5.96. The first-order valence-corrected chi connectivity index (χ1v) is 8.39. The molecule has 0 atom stereocenters. The monoisotopic (exact) mass is 360 g/mol. The average molecular weight is 361 g/mol. The van der Waals surface area contributed by atoms with Crippen LogP contribution < -0.4 is 10.1 Å². The summed E-state index contributed by atoms with van der Waals surface area (Å²) in [6.45, 7) is 1.02. The first-order chi connectivity index (χ1) is 12.1. The molecular weight excluding hydrogens is 340 g/mol. The lowest BCUT2D eigenvalue weighted by Gasteiger charge is -2.17. The highest BCUT2D eigenvalue weighted by Crippen LogP contribution is 2.15. The quantitative estimate of drug-likeness (QED) is 0.736. The molecule has 2 aromatic rings. The van der Waals surface area contributed by atoms with Crippen LogP contribution in [0.3, 0.4) is 0 Å². The molecule has 1 N–H and O–H groups in total. The van der Waals surface area contributed by atoms with Gasteiger partial charge in [0.05, 0.1) is 13.2 Å². The number of nitrogens with one attached hydrogen (secondary N) is 1. The SMILES string of the molecule is CN(CCCOc1ccc(Cl)cc1)C(=O)CNC(=O)c1ccccc1. The highest BCUT2D eigenvalue weighted by Gasteiger charge is 2.11. The summed E-state index contributed by atoms with van der Waals surface area (Å²) in [5.41, 5.74) is 0.536. The molecule has 6 heteroatoms. The fourth-order valence-corrected chi connectivity index (χ4v) is 2.26. The van der Waals surface area contributed by atoms with Crippen molar-refractivity contribution < 1.29 is 14.3 Å². The van der Waals surface area contributed by atoms with Crippen LogP contribution in [0, 0.1) is 0 Å². The van der Waals surface area contributed by atoms with E-state index in [2.05, 4.69) is 5.32 Å². The van der Waals surface area contributed by atoms with Crippen molar-refractivity contribution in [3.63, 3.8) is 0 Å². The Morgan fingerprint density at radius 1 is 1.08 bits per heavy atom. The second kappa shape index (κ2) is 9.69. The highest BCUT2D eigenvalue weighted by atomic mass is 35.5. The number of hydrogen-bond acceptors (Lipinski definition) is 3. The summed E-state index contributed by atoms with van der Waals surface area (Å²) in [6.07, 6.45) is 0.692. The minimum Gasteiger partial charge on any atom is -0.494 e. The van der Waals surface area contributed by atoms with E-state index < -0.39 is 0 Å². The molecule has 2 rings (SSSR count). The molecule has 0 heterocycles. The Morgan fingerprint density at radius 2 is 1.76 bits per heavy atom. The zero-order valence-electron chi connectivity index (χ0n) is 14.1. The molecule has 2 aromatic carbocycles. The van der Waals surface area contributed by atoms with Gasteiger partial charge < -0.3 is 15.0 Å². The molecule has 0 unspecified atom stereocenters. The zero-order chi connectivity index (χ0) is 18.1. The van der Waals surface area contributed by atoms with E-state index in [1.54, 1.807) is 60.5 Å². The Morgan fingerprint density at radius 3 is 2.44 bits per heavy atom. The molecule has 0 saturated carbocycles. The van der Waals surface area contributed by atoms with Crippen molar-refractivity contribution in [2.24, 2.45) is 0 Å². The molecule has 132 valence electrons. The van der Waals surface area contributed by atoms with Crippen LogP contribution >= 0.6 is 11.6 Å². The van der Waals surface area contributed by atoms with Gasteiger partial charge in [0.2, 0.25) is 5.91 Å². The molecule has 0 fully saturated rings. The fourth-order valence-electron chi connectivity index (χ4n) is 2.13. The van der Waals surface area contributed by atoms with E-state index in [9.17, 15) is 9.59 Å². The lowest BCUT2D eigenvalue weighted by molar-refractivity contribution is -0.128. The van der Waals surface area contributed by atoms with Gasteiger partial charge in [0.1, 0.15) is 5.75 Å². The van der Waals surface area contributed by atoms with E-state index in [1.165, 1.54) is 0 Å². The summed E-state index contributed by atoms with van der Waals surface area (Å²) in [5, 5.41) is 3.29. The van der Waals surface area contributed by atoms with E-state index in [4.69, 9.17) is 16.3 Å². The minimum absolute atomic E-state index is 0.0255. The van der Waals surface area contributed by atoms with Crippen molar-refractivity contribution in [1.29, 1.82) is 0 Å². The Balaban J connectivity index is 1.64. The molecule has 5 nitrogen and oxygen atoms in total. The minimum atomic E-state index is -0.256. The maximum absolute atomic E-state index is 12.0. The Labute approximate surface area is 152 Å². The third kappa shape index (κ3) is 6.47. The fraction of sp³-hybridized carbons (Fsp3) is 0.263. The van der Waals surface area contributed by atoms with Crippen LogP contribution in [-0.2, 0) is 4.79 Å². The largest absolute Gasteiger partial charge is 0.494 e. The van der Waals surface area contributed by atoms with Crippen molar-refractivity contribution in [3.8, 4) is 5.75 Å². The number of halogens is 1. The van der Waals surface area contributed by atoms with Crippen LogP contribution in [0.1, 0.15) is 16.8 Å². The van der Waals surface area contributed by atoms with Gasteiger partial charge in [-0.15, -0.1) is 0 Å². The van der Waals surface area contributed by atoms with Gasteiger partial charge in [-0.3, -0.25) is 9.59 Å². The predicted octanol–water partition coefficient (Wildman–Crippen LogP) is 3.00. The van der Waals surface area contributed by atoms with Gasteiger partial charge in [-0.1, -0.05) is 29.8 Å². The van der Waals surface area contributed by atoms with E-state index in [-0.39, 0.29) is 18.4 Å². The smallest absolute Gasteiger partial charge is 0.251 e. The summed E-state index contributed by atoms with van der Waals surface area (Å²) < 4.78 is 5.58. The maximum atomic E-state index is 12.0. The van der Waals surface area contributed by atoms with Crippen molar-refractivity contribution in [1.82, 2.24) is 10.2 Å². The van der Waals surface area contributed by atoms with Crippen molar-refractivity contribution in [2.45, 2.75) is 6.42 Å². The van der Waals surface area contributed by atoms with E-state index in [0.29, 0.717) is 30.2 Å². The molecule has 0 spiro atoms. The number of nitrogens with zero attached hydrogens (tertiary/aromatic N) is 1. The molecule has 0 radical (unpaired) electrons. The van der Waals surface area contributed by atoms with Gasteiger partial charge in [-0.25, -0.2) is 0 Å². The zero-order valence-corrected chi connectivity index (χ0v) is 14.8. The molecule has 0 bridgehead atoms. The van der Waals surface area contributed by atoms with Crippen molar-refractivity contribution in [2.75, 3.05) is 26.7 Å². The summed E-state index contributed by atoms with van der Waals surface area (Å²) in [4.78, 5) is 25.5. The number of rotatable bonds is 8. The van der Waals surface area contributed by atoms with Gasteiger partial charge in [-0.2, -0.15) is 0 Å². The van der Waals surface area contributed by atoms with Crippen LogP contribution in [0.4, 0.5) is 0 Å². The Kier molecular flexibility index (Phi) is 7.29. The number of carbonyl (C=O) groups is 2. The normalized spacial score (nSPS) is 10.2. The summed E-state index contributed by atoms with van der Waals surface area (Å²) in [6, 6.07) is 15.9. The molecule has 0 saturated heterocycles. The molecule has 0 aliphatic heterocycles. The van der Waals surface area contributed by atoms with Crippen LogP contribution in [0.5, 0.6) is 5.75 Å². The van der Waals surface area contributed by atoms with Gasteiger partial charge in [0.25, 0.3) is 5.91 Å². The van der Waals surface area contributed by atoms with Crippen molar-refractivity contribution >= 4 is 23.4 Å². The first-order valence-electron chi connectivity index (χ1n) is 8.02. The van der Waals surface area contributed by atoms with Crippen LogP contribution in [0.25, 0.3) is 0 Å². The standard InChI is InChI=1S/C19H21ClN2O3/c1-22(12-5-13-25-17-10-8-16(20)9-11-17)18(23)14-21-19(24)15-6-3-2-4-7-15/h2-4,6-11H,5,12-14H2,1H3,(H,21,24). The third-order valence-corrected chi connectivity index (χ3v) is 3.83. The topological polar surface area (TPSA) is 58.6 Å². The highest BCUT2D eigenvalue weighted by molar-refractivity contribution is 6.30. The van der Waals surface area contributed by atoms with Gasteiger partial charge in [-0.05, 0) is 42.8 Å². The third-order valence-electron chi connectivity index (χ3n) is 3.58. The summed E-state index contributed by atoms with van der Waals surface area (Å²) in [5.74, 6) is 0.345. The molecular formula is C19H21ClN2O3. The Hall–Kier alpha value is -2.53. The number of hydrogen-bond donors (Lipinski definition) is 1. The number of amides is 2.